The van der Waals surface area contributed by atoms with Gasteiger partial charge in [0.1, 0.15) is 0 Å². The number of aryl methyl sites for hydroxylation is 2. The lowest BCUT2D eigenvalue weighted by Gasteiger charge is -2.11. The monoisotopic (exact) mass is 208 g/mol. The summed E-state index contributed by atoms with van der Waals surface area (Å²) in [6.07, 6.45) is 1.53. The van der Waals surface area contributed by atoms with E-state index in [4.69, 9.17) is 4.43 Å². The Morgan fingerprint density at radius 2 is 1.79 bits per heavy atom. The normalized spacial score (nSPS) is 13.7. The van der Waals surface area contributed by atoms with Gasteiger partial charge in [0.2, 0.25) is 0 Å². The number of hydrogen-bond acceptors (Lipinski definition) is 1. The van der Waals surface area contributed by atoms with Crippen LogP contribution in [0.5, 0.6) is 0 Å². The fourth-order valence-electron chi connectivity index (χ4n) is 1.51. The highest BCUT2D eigenvalue weighted by Gasteiger charge is 2.01. The maximum Gasteiger partial charge on any atom is 0.192 e. The molecule has 14 heavy (non-hydrogen) atoms. The maximum absolute atomic E-state index is 5.83. The Morgan fingerprint density at radius 1 is 1.21 bits per heavy atom. The lowest BCUT2D eigenvalue weighted by molar-refractivity contribution is 0.233. The second kappa shape index (κ2) is 5.32. The molecule has 0 bridgehead atoms. The molecule has 0 radical (unpaired) electrons. The third-order valence-corrected chi connectivity index (χ3v) is 3.87. The van der Waals surface area contributed by atoms with Crippen molar-refractivity contribution < 1.29 is 4.43 Å². The molecule has 0 aliphatic carbocycles. The topological polar surface area (TPSA) is 9.23 Å². The Morgan fingerprint density at radius 3 is 2.29 bits per heavy atom. The van der Waals surface area contributed by atoms with Crippen molar-refractivity contribution in [2.75, 3.05) is 0 Å². The van der Waals surface area contributed by atoms with Crippen LogP contribution >= 0.6 is 0 Å². The van der Waals surface area contributed by atoms with Gasteiger partial charge in [0, 0.05) is 6.10 Å². The number of rotatable bonds is 4. The van der Waals surface area contributed by atoms with E-state index >= 15 is 0 Å². The zero-order chi connectivity index (χ0) is 10.6. The molecule has 0 aliphatic heterocycles. The lowest BCUT2D eigenvalue weighted by Crippen LogP contribution is -2.22. The SMILES string of the molecule is CCC(C)O[SiH2]c1cc(C)cc(C)c1. The van der Waals surface area contributed by atoms with Crippen molar-refractivity contribution in [2.45, 2.75) is 40.2 Å². The van der Waals surface area contributed by atoms with Crippen LogP contribution < -0.4 is 5.19 Å². The molecule has 1 aromatic carbocycles. The van der Waals surface area contributed by atoms with Crippen LogP contribution in [0.1, 0.15) is 31.4 Å². The average Bonchev–Trinajstić information content (AvgIpc) is 2.12. The van der Waals surface area contributed by atoms with Gasteiger partial charge in [-0.1, -0.05) is 36.2 Å². The number of benzene rings is 1. The van der Waals surface area contributed by atoms with Gasteiger partial charge in [-0.25, -0.2) is 0 Å². The van der Waals surface area contributed by atoms with Gasteiger partial charge in [-0.15, -0.1) is 0 Å². The molecule has 0 amide bonds. The second-order valence-corrected chi connectivity index (χ2v) is 5.46. The Labute approximate surface area is 89.4 Å². The van der Waals surface area contributed by atoms with Gasteiger partial charge < -0.3 is 4.43 Å². The van der Waals surface area contributed by atoms with Crippen LogP contribution in [0.3, 0.4) is 0 Å². The summed E-state index contributed by atoms with van der Waals surface area (Å²) in [5, 5.41) is 1.42. The van der Waals surface area contributed by atoms with Gasteiger partial charge >= 0.3 is 0 Å². The van der Waals surface area contributed by atoms with E-state index in [-0.39, 0.29) is 0 Å². The Bertz CT molecular complexity index is 276. The van der Waals surface area contributed by atoms with E-state index in [9.17, 15) is 0 Å². The molecule has 1 aromatic rings. The van der Waals surface area contributed by atoms with E-state index in [1.165, 1.54) is 16.3 Å². The first kappa shape index (κ1) is 11.5. The molecule has 0 aliphatic rings. The van der Waals surface area contributed by atoms with Gasteiger partial charge in [-0.2, -0.15) is 0 Å². The third kappa shape index (κ3) is 3.64. The van der Waals surface area contributed by atoms with E-state index in [1.807, 2.05) is 0 Å². The smallest absolute Gasteiger partial charge is 0.192 e. The molecule has 0 heterocycles. The van der Waals surface area contributed by atoms with Crippen LogP contribution in [0.15, 0.2) is 18.2 Å². The van der Waals surface area contributed by atoms with Crippen LogP contribution in [0.25, 0.3) is 0 Å². The first-order valence-electron chi connectivity index (χ1n) is 5.30. The van der Waals surface area contributed by atoms with Crippen molar-refractivity contribution in [1.29, 1.82) is 0 Å². The summed E-state index contributed by atoms with van der Waals surface area (Å²) in [4.78, 5) is 0. The summed E-state index contributed by atoms with van der Waals surface area (Å²) >= 11 is 0. The summed E-state index contributed by atoms with van der Waals surface area (Å²) in [6, 6.07) is 6.71. The van der Waals surface area contributed by atoms with Gasteiger partial charge in [0.15, 0.2) is 9.76 Å². The highest BCUT2D eigenvalue weighted by Crippen LogP contribution is 2.01. The Hall–Kier alpha value is -0.603. The van der Waals surface area contributed by atoms with E-state index in [0.717, 1.165) is 6.42 Å². The molecule has 0 fully saturated rings. The zero-order valence-corrected chi connectivity index (χ0v) is 11.0. The molecule has 0 aromatic heterocycles. The highest BCUT2D eigenvalue weighted by atomic mass is 28.2. The Balaban J connectivity index is 2.58. The molecular formula is C12H20OSi. The molecule has 0 N–H and O–H groups in total. The van der Waals surface area contributed by atoms with Gasteiger partial charge in [0.25, 0.3) is 0 Å². The average molecular weight is 208 g/mol. The van der Waals surface area contributed by atoms with Crippen molar-refractivity contribution in [1.82, 2.24) is 0 Å². The molecule has 1 unspecified atom stereocenters. The van der Waals surface area contributed by atoms with Crippen LogP contribution in [0, 0.1) is 13.8 Å². The first-order chi connectivity index (χ1) is 6.61. The summed E-state index contributed by atoms with van der Waals surface area (Å²) < 4.78 is 5.83. The van der Waals surface area contributed by atoms with Gasteiger partial charge in [-0.05, 0) is 32.4 Å². The molecule has 1 nitrogen and oxygen atoms in total. The summed E-state index contributed by atoms with van der Waals surface area (Å²) in [6.45, 7) is 8.61. The molecule has 0 saturated heterocycles. The van der Waals surface area contributed by atoms with Crippen LogP contribution in [-0.4, -0.2) is 15.9 Å². The second-order valence-electron chi connectivity index (χ2n) is 4.03. The minimum Gasteiger partial charge on any atom is -0.416 e. The van der Waals surface area contributed by atoms with Crippen LogP contribution in [0.4, 0.5) is 0 Å². The molecule has 0 saturated carbocycles. The first-order valence-corrected chi connectivity index (χ1v) is 6.59. The fraction of sp³-hybridized carbons (Fsp3) is 0.500. The summed E-state index contributed by atoms with van der Waals surface area (Å²) in [5.74, 6) is 0. The van der Waals surface area contributed by atoms with Crippen LogP contribution in [0.2, 0.25) is 0 Å². The largest absolute Gasteiger partial charge is 0.416 e. The maximum atomic E-state index is 5.83. The molecule has 1 atom stereocenters. The van der Waals surface area contributed by atoms with E-state index < -0.39 is 9.76 Å². The predicted molar refractivity (Wildman–Crippen MR) is 64.9 cm³/mol. The highest BCUT2D eigenvalue weighted by molar-refractivity contribution is 6.47. The predicted octanol–water partition coefficient (Wildman–Crippen LogP) is 1.83. The molecular weight excluding hydrogens is 188 g/mol. The third-order valence-electron chi connectivity index (χ3n) is 2.39. The fourth-order valence-corrected chi connectivity index (χ4v) is 3.03. The standard InChI is InChI=1S/C12H20OSi/c1-5-11(4)13-14-12-7-9(2)6-10(3)8-12/h6-8,11H,5,14H2,1-4H3. The van der Waals surface area contributed by atoms with Crippen molar-refractivity contribution in [3.05, 3.63) is 29.3 Å². The quantitative estimate of drug-likeness (QED) is 0.686. The molecule has 0 spiro atoms. The lowest BCUT2D eigenvalue weighted by atomic mass is 10.2. The van der Waals surface area contributed by atoms with Crippen LogP contribution in [-0.2, 0) is 4.43 Å². The summed E-state index contributed by atoms with van der Waals surface area (Å²) in [7, 11) is -0.513. The van der Waals surface area contributed by atoms with E-state index in [2.05, 4.69) is 45.9 Å². The zero-order valence-electron chi connectivity index (χ0n) is 9.63. The summed E-state index contributed by atoms with van der Waals surface area (Å²) in [5.41, 5.74) is 2.69. The minimum absolute atomic E-state index is 0.419. The minimum atomic E-state index is -0.513. The molecule has 78 valence electrons. The van der Waals surface area contributed by atoms with E-state index in [1.54, 1.807) is 0 Å². The molecule has 1 rings (SSSR count). The van der Waals surface area contributed by atoms with E-state index in [0.29, 0.717) is 6.10 Å². The van der Waals surface area contributed by atoms with Gasteiger partial charge in [0.05, 0.1) is 0 Å². The van der Waals surface area contributed by atoms with Crippen molar-refractivity contribution in [3.8, 4) is 0 Å². The Kier molecular flexibility index (Phi) is 4.36. The van der Waals surface area contributed by atoms with Crippen molar-refractivity contribution in [2.24, 2.45) is 0 Å². The van der Waals surface area contributed by atoms with Gasteiger partial charge in [-0.3, -0.25) is 0 Å². The number of hydrogen-bond donors (Lipinski definition) is 0. The van der Waals surface area contributed by atoms with Crippen molar-refractivity contribution in [3.63, 3.8) is 0 Å². The van der Waals surface area contributed by atoms with Crippen molar-refractivity contribution >= 4 is 14.9 Å². The molecule has 2 heteroatoms.